The predicted octanol–water partition coefficient (Wildman–Crippen LogP) is 3.72. The van der Waals surface area contributed by atoms with E-state index in [2.05, 4.69) is 39.8 Å². The molecule has 20 heavy (non-hydrogen) atoms. The van der Waals surface area contributed by atoms with Gasteiger partial charge in [0.25, 0.3) is 0 Å². The first-order valence-corrected chi connectivity index (χ1v) is 7.35. The number of hydrogen-bond acceptors (Lipinski definition) is 3. The first kappa shape index (κ1) is 13.4. The maximum Gasteiger partial charge on any atom is 0.155 e. The fraction of sp³-hybridized carbons (Fsp3) is 0.375. The topological polar surface area (TPSA) is 37.8 Å². The van der Waals surface area contributed by atoms with E-state index in [1.807, 2.05) is 13.8 Å². The molecule has 1 N–H and O–H groups in total. The Bertz CT molecular complexity index is 640. The van der Waals surface area contributed by atoms with Crippen LogP contribution in [0.15, 0.2) is 24.3 Å². The molecule has 1 unspecified atom stereocenters. The van der Waals surface area contributed by atoms with Gasteiger partial charge in [0.1, 0.15) is 0 Å². The molecule has 1 aromatic heterocycles. The molecule has 0 aliphatic heterocycles. The second-order valence-corrected chi connectivity index (χ2v) is 5.80. The van der Waals surface area contributed by atoms with Gasteiger partial charge in [-0.1, -0.05) is 35.9 Å². The molecule has 1 aliphatic carbocycles. The van der Waals surface area contributed by atoms with E-state index < -0.39 is 0 Å². The second kappa shape index (κ2) is 5.41. The molecule has 0 saturated heterocycles. The zero-order valence-electron chi connectivity index (χ0n) is 11.8. The van der Waals surface area contributed by atoms with Crippen molar-refractivity contribution in [2.24, 2.45) is 0 Å². The summed E-state index contributed by atoms with van der Waals surface area (Å²) in [5.74, 6) is 0.858. The van der Waals surface area contributed by atoms with Crippen LogP contribution in [0.4, 0.5) is 5.82 Å². The average Bonchev–Trinajstić information content (AvgIpc) is 2.48. The van der Waals surface area contributed by atoms with E-state index in [9.17, 15) is 0 Å². The number of anilines is 1. The highest BCUT2D eigenvalue weighted by Gasteiger charge is 2.19. The van der Waals surface area contributed by atoms with E-state index in [1.54, 1.807) is 0 Å². The molecule has 0 amide bonds. The number of aryl methyl sites for hydroxylation is 1. The van der Waals surface area contributed by atoms with Crippen molar-refractivity contribution < 1.29 is 0 Å². The molecule has 4 heteroatoms. The molecule has 3 nitrogen and oxygen atoms in total. The summed E-state index contributed by atoms with van der Waals surface area (Å²) in [5, 5.41) is 12.2. The van der Waals surface area contributed by atoms with Crippen LogP contribution < -0.4 is 5.32 Å². The Labute approximate surface area is 124 Å². The van der Waals surface area contributed by atoms with E-state index in [4.69, 9.17) is 11.6 Å². The van der Waals surface area contributed by atoms with E-state index in [-0.39, 0.29) is 0 Å². The Morgan fingerprint density at radius 1 is 1.10 bits per heavy atom. The maximum atomic E-state index is 5.99. The van der Waals surface area contributed by atoms with Crippen LogP contribution in [-0.2, 0) is 12.8 Å². The van der Waals surface area contributed by atoms with Gasteiger partial charge in [0, 0.05) is 6.04 Å². The lowest BCUT2D eigenvalue weighted by molar-refractivity contribution is 0.607. The van der Waals surface area contributed by atoms with Crippen molar-refractivity contribution in [1.29, 1.82) is 0 Å². The third-order valence-corrected chi connectivity index (χ3v) is 4.51. The zero-order valence-corrected chi connectivity index (χ0v) is 12.5. The Morgan fingerprint density at radius 3 is 2.65 bits per heavy atom. The van der Waals surface area contributed by atoms with Gasteiger partial charge in [-0.05, 0) is 55.4 Å². The first-order chi connectivity index (χ1) is 9.65. The van der Waals surface area contributed by atoms with Crippen LogP contribution in [0.3, 0.4) is 0 Å². The molecule has 2 aromatic rings. The number of nitrogens with one attached hydrogen (secondary N) is 1. The number of halogens is 1. The molecule has 1 heterocycles. The average molecular weight is 288 g/mol. The van der Waals surface area contributed by atoms with Gasteiger partial charge in [0.2, 0.25) is 0 Å². The quantitative estimate of drug-likeness (QED) is 0.915. The van der Waals surface area contributed by atoms with Gasteiger partial charge in [-0.25, -0.2) is 0 Å². The first-order valence-electron chi connectivity index (χ1n) is 6.98. The molecular formula is C16H18ClN3. The van der Waals surface area contributed by atoms with Crippen molar-refractivity contribution in [2.45, 2.75) is 39.2 Å². The van der Waals surface area contributed by atoms with Crippen LogP contribution in [0.2, 0.25) is 5.15 Å². The Hall–Kier alpha value is -1.61. The SMILES string of the molecule is Cc1c(Cl)nnc(NC2CCc3ccccc3C2)c1C. The highest BCUT2D eigenvalue weighted by Crippen LogP contribution is 2.26. The van der Waals surface area contributed by atoms with Gasteiger partial charge in [-0.15, -0.1) is 10.2 Å². The van der Waals surface area contributed by atoms with Crippen LogP contribution in [0.1, 0.15) is 28.7 Å². The lowest BCUT2D eigenvalue weighted by atomic mass is 9.88. The molecular weight excluding hydrogens is 270 g/mol. The monoisotopic (exact) mass is 287 g/mol. The maximum absolute atomic E-state index is 5.99. The molecule has 1 atom stereocenters. The van der Waals surface area contributed by atoms with Crippen molar-refractivity contribution >= 4 is 17.4 Å². The summed E-state index contributed by atoms with van der Waals surface area (Å²) in [6.45, 7) is 4.02. The van der Waals surface area contributed by atoms with Crippen LogP contribution in [0, 0.1) is 13.8 Å². The Balaban J connectivity index is 1.79. The standard InChI is InChI=1S/C16H18ClN3/c1-10-11(2)16(20-19-15(10)17)18-14-8-7-12-5-3-4-6-13(12)9-14/h3-6,14H,7-9H2,1-2H3,(H,18,20). The lowest BCUT2D eigenvalue weighted by Crippen LogP contribution is -2.28. The Kier molecular flexibility index (Phi) is 3.62. The van der Waals surface area contributed by atoms with Crippen LogP contribution in [0.25, 0.3) is 0 Å². The van der Waals surface area contributed by atoms with Gasteiger partial charge in [-0.3, -0.25) is 0 Å². The van der Waals surface area contributed by atoms with Crippen molar-refractivity contribution in [3.8, 4) is 0 Å². The largest absolute Gasteiger partial charge is 0.365 e. The lowest BCUT2D eigenvalue weighted by Gasteiger charge is -2.26. The van der Waals surface area contributed by atoms with Gasteiger partial charge in [-0.2, -0.15) is 0 Å². The van der Waals surface area contributed by atoms with Crippen LogP contribution >= 0.6 is 11.6 Å². The highest BCUT2D eigenvalue weighted by molar-refractivity contribution is 6.30. The number of fused-ring (bicyclic) bond motifs is 1. The van der Waals surface area contributed by atoms with Gasteiger partial charge in [0.05, 0.1) is 0 Å². The summed E-state index contributed by atoms with van der Waals surface area (Å²) in [6.07, 6.45) is 3.28. The minimum Gasteiger partial charge on any atom is -0.365 e. The third-order valence-electron chi connectivity index (χ3n) is 4.15. The van der Waals surface area contributed by atoms with E-state index in [0.717, 1.165) is 36.2 Å². The van der Waals surface area contributed by atoms with Gasteiger partial charge in [0.15, 0.2) is 11.0 Å². The summed E-state index contributed by atoms with van der Waals surface area (Å²) >= 11 is 5.99. The molecule has 3 rings (SSSR count). The summed E-state index contributed by atoms with van der Waals surface area (Å²) in [4.78, 5) is 0. The fourth-order valence-electron chi connectivity index (χ4n) is 2.73. The predicted molar refractivity (Wildman–Crippen MR) is 82.4 cm³/mol. The molecule has 0 radical (unpaired) electrons. The molecule has 1 aliphatic rings. The minimum absolute atomic E-state index is 0.415. The molecule has 0 saturated carbocycles. The second-order valence-electron chi connectivity index (χ2n) is 5.44. The molecule has 0 fully saturated rings. The molecule has 0 bridgehead atoms. The zero-order chi connectivity index (χ0) is 14.1. The highest BCUT2D eigenvalue weighted by atomic mass is 35.5. The number of rotatable bonds is 2. The summed E-state index contributed by atoms with van der Waals surface area (Å²) in [5.41, 5.74) is 5.00. The number of aromatic nitrogens is 2. The van der Waals surface area contributed by atoms with E-state index >= 15 is 0 Å². The van der Waals surface area contributed by atoms with Gasteiger partial charge >= 0.3 is 0 Å². The molecule has 1 aromatic carbocycles. The molecule has 0 spiro atoms. The van der Waals surface area contributed by atoms with Crippen molar-refractivity contribution in [1.82, 2.24) is 10.2 Å². The Morgan fingerprint density at radius 2 is 1.85 bits per heavy atom. The smallest absolute Gasteiger partial charge is 0.155 e. The number of hydrogen-bond donors (Lipinski definition) is 1. The summed E-state index contributed by atoms with van der Waals surface area (Å²) < 4.78 is 0. The van der Waals surface area contributed by atoms with E-state index in [1.165, 1.54) is 11.1 Å². The number of nitrogens with zero attached hydrogens (tertiary/aromatic N) is 2. The van der Waals surface area contributed by atoms with Crippen molar-refractivity contribution in [3.63, 3.8) is 0 Å². The van der Waals surface area contributed by atoms with Crippen molar-refractivity contribution in [2.75, 3.05) is 5.32 Å². The van der Waals surface area contributed by atoms with Crippen molar-refractivity contribution in [3.05, 3.63) is 51.7 Å². The van der Waals surface area contributed by atoms with Crippen LogP contribution in [-0.4, -0.2) is 16.2 Å². The number of benzene rings is 1. The minimum atomic E-state index is 0.415. The fourth-order valence-corrected chi connectivity index (χ4v) is 2.91. The van der Waals surface area contributed by atoms with E-state index in [0.29, 0.717) is 11.2 Å². The summed E-state index contributed by atoms with van der Waals surface area (Å²) in [6, 6.07) is 9.08. The molecule has 104 valence electrons. The van der Waals surface area contributed by atoms with Crippen LogP contribution in [0.5, 0.6) is 0 Å². The normalized spacial score (nSPS) is 17.6. The van der Waals surface area contributed by atoms with Gasteiger partial charge < -0.3 is 5.32 Å². The summed E-state index contributed by atoms with van der Waals surface area (Å²) in [7, 11) is 0. The third kappa shape index (κ3) is 2.50.